The SMILES string of the molecule is CC(C)(C)c1ccc2c(c1)c1c3ccccc3ccc1n2-c1cc(C#N)cc(C#N)c1-n1c2ccccc2c2ccccc21. The normalized spacial score (nSPS) is 11.9. The van der Waals surface area contributed by atoms with E-state index in [4.69, 9.17) is 0 Å². The number of nitrogens with zero attached hydrogens (tertiary/aromatic N) is 4. The maximum Gasteiger partial charge on any atom is 0.101 e. The zero-order valence-electron chi connectivity index (χ0n) is 24.8. The van der Waals surface area contributed by atoms with E-state index in [2.05, 4.69) is 133 Å². The fourth-order valence-corrected chi connectivity index (χ4v) is 6.85. The van der Waals surface area contributed by atoms with Crippen LogP contribution in [0.1, 0.15) is 37.5 Å². The zero-order chi connectivity index (χ0) is 30.2. The molecule has 0 amide bonds. The summed E-state index contributed by atoms with van der Waals surface area (Å²) < 4.78 is 4.45. The van der Waals surface area contributed by atoms with Gasteiger partial charge in [-0.05, 0) is 64.2 Å². The number of rotatable bonds is 2. The van der Waals surface area contributed by atoms with E-state index in [9.17, 15) is 10.5 Å². The smallest absolute Gasteiger partial charge is 0.101 e. The van der Waals surface area contributed by atoms with Gasteiger partial charge in [-0.1, -0.05) is 93.6 Å². The number of benzene rings is 6. The molecule has 0 saturated carbocycles. The van der Waals surface area contributed by atoms with Gasteiger partial charge in [-0.3, -0.25) is 0 Å². The Morgan fingerprint density at radius 2 is 1.16 bits per heavy atom. The molecular formula is C40H28N4. The summed E-state index contributed by atoms with van der Waals surface area (Å²) in [7, 11) is 0. The molecule has 0 N–H and O–H groups in total. The number of hydrogen-bond acceptors (Lipinski definition) is 2. The Bertz CT molecular complexity index is 2500. The van der Waals surface area contributed by atoms with Crippen LogP contribution >= 0.6 is 0 Å². The molecule has 0 radical (unpaired) electrons. The summed E-state index contributed by atoms with van der Waals surface area (Å²) >= 11 is 0. The van der Waals surface area contributed by atoms with Gasteiger partial charge in [-0.15, -0.1) is 0 Å². The van der Waals surface area contributed by atoms with Crippen LogP contribution in [0.25, 0.3) is 65.8 Å². The predicted molar refractivity (Wildman–Crippen MR) is 181 cm³/mol. The van der Waals surface area contributed by atoms with E-state index in [-0.39, 0.29) is 5.41 Å². The molecule has 0 spiro atoms. The van der Waals surface area contributed by atoms with Gasteiger partial charge in [0.1, 0.15) is 6.07 Å². The Labute approximate surface area is 255 Å². The number of nitriles is 2. The lowest BCUT2D eigenvalue weighted by Crippen LogP contribution is -2.10. The molecule has 44 heavy (non-hydrogen) atoms. The monoisotopic (exact) mass is 564 g/mol. The van der Waals surface area contributed by atoms with Crippen molar-refractivity contribution < 1.29 is 0 Å². The Morgan fingerprint density at radius 3 is 1.82 bits per heavy atom. The number of aromatic nitrogens is 2. The minimum absolute atomic E-state index is 0.0317. The topological polar surface area (TPSA) is 57.4 Å². The lowest BCUT2D eigenvalue weighted by molar-refractivity contribution is 0.591. The van der Waals surface area contributed by atoms with Crippen LogP contribution in [0.4, 0.5) is 0 Å². The summed E-state index contributed by atoms with van der Waals surface area (Å²) in [4.78, 5) is 0. The van der Waals surface area contributed by atoms with Crippen molar-refractivity contribution in [3.8, 4) is 23.5 Å². The van der Waals surface area contributed by atoms with Crippen LogP contribution in [-0.4, -0.2) is 9.13 Å². The van der Waals surface area contributed by atoms with Crippen LogP contribution < -0.4 is 0 Å². The Hall–Kier alpha value is -5.84. The van der Waals surface area contributed by atoms with Crippen LogP contribution in [-0.2, 0) is 5.41 Å². The van der Waals surface area contributed by atoms with E-state index in [1.165, 1.54) is 21.7 Å². The van der Waals surface area contributed by atoms with E-state index in [1.807, 2.05) is 18.2 Å². The van der Waals surface area contributed by atoms with E-state index < -0.39 is 0 Å². The van der Waals surface area contributed by atoms with Crippen LogP contribution in [0.15, 0.2) is 115 Å². The van der Waals surface area contributed by atoms with Crippen molar-refractivity contribution in [1.29, 1.82) is 10.5 Å². The Morgan fingerprint density at radius 1 is 0.545 bits per heavy atom. The Balaban J connectivity index is 1.61. The second-order valence-electron chi connectivity index (χ2n) is 12.5. The molecule has 2 aromatic heterocycles. The van der Waals surface area contributed by atoms with Gasteiger partial charge in [-0.2, -0.15) is 10.5 Å². The van der Waals surface area contributed by atoms with E-state index in [0.717, 1.165) is 49.6 Å². The summed E-state index contributed by atoms with van der Waals surface area (Å²) in [5.74, 6) is 0. The highest BCUT2D eigenvalue weighted by molar-refractivity contribution is 6.21. The van der Waals surface area contributed by atoms with Gasteiger partial charge in [0.05, 0.1) is 50.6 Å². The molecular weight excluding hydrogens is 536 g/mol. The third-order valence-electron chi connectivity index (χ3n) is 8.90. The lowest BCUT2D eigenvalue weighted by Gasteiger charge is -2.20. The molecule has 4 heteroatoms. The van der Waals surface area contributed by atoms with E-state index in [0.29, 0.717) is 11.1 Å². The minimum atomic E-state index is -0.0317. The van der Waals surface area contributed by atoms with Gasteiger partial charge in [0, 0.05) is 21.5 Å². The van der Waals surface area contributed by atoms with E-state index in [1.54, 1.807) is 6.07 Å². The molecule has 208 valence electrons. The summed E-state index contributed by atoms with van der Waals surface area (Å²) in [5, 5.41) is 27.7. The fourth-order valence-electron chi connectivity index (χ4n) is 6.85. The quantitative estimate of drug-likeness (QED) is 0.210. The van der Waals surface area contributed by atoms with E-state index >= 15 is 0 Å². The molecule has 0 aliphatic carbocycles. The molecule has 8 aromatic rings. The van der Waals surface area contributed by atoms with Crippen molar-refractivity contribution in [3.63, 3.8) is 0 Å². The van der Waals surface area contributed by atoms with Crippen molar-refractivity contribution in [1.82, 2.24) is 9.13 Å². The van der Waals surface area contributed by atoms with Crippen molar-refractivity contribution in [2.24, 2.45) is 0 Å². The standard InChI is InChI=1S/C40H28N4/c1-40(2,3)28-17-19-35-32(22-28)38-29-11-5-4-10-26(29)16-18-36(38)43(35)37-21-25(23-41)20-27(24-42)39(37)44-33-14-8-6-12-30(33)31-13-7-9-15-34(31)44/h4-22H,1-3H3. The second-order valence-corrected chi connectivity index (χ2v) is 12.5. The first-order valence-corrected chi connectivity index (χ1v) is 14.8. The molecule has 0 fully saturated rings. The molecule has 0 aliphatic rings. The van der Waals surface area contributed by atoms with Crippen LogP contribution in [0.2, 0.25) is 0 Å². The molecule has 6 aromatic carbocycles. The molecule has 0 atom stereocenters. The number of para-hydroxylation sites is 2. The third kappa shape index (κ3) is 3.62. The minimum Gasteiger partial charge on any atom is -0.307 e. The van der Waals surface area contributed by atoms with Gasteiger partial charge in [0.2, 0.25) is 0 Å². The first-order chi connectivity index (χ1) is 21.4. The van der Waals surface area contributed by atoms with Gasteiger partial charge in [0.15, 0.2) is 0 Å². The average Bonchev–Trinajstić information content (AvgIpc) is 3.56. The maximum atomic E-state index is 10.6. The van der Waals surface area contributed by atoms with Crippen LogP contribution in [0, 0.1) is 22.7 Å². The third-order valence-corrected chi connectivity index (χ3v) is 8.90. The highest BCUT2D eigenvalue weighted by Crippen LogP contribution is 2.42. The fraction of sp³-hybridized carbons (Fsp3) is 0.100. The number of hydrogen-bond donors (Lipinski definition) is 0. The first-order valence-electron chi connectivity index (χ1n) is 14.8. The zero-order valence-corrected chi connectivity index (χ0v) is 24.8. The van der Waals surface area contributed by atoms with Crippen molar-refractivity contribution >= 4 is 54.4 Å². The summed E-state index contributed by atoms with van der Waals surface area (Å²) in [6.07, 6.45) is 0. The highest BCUT2D eigenvalue weighted by Gasteiger charge is 2.24. The molecule has 0 aliphatic heterocycles. The summed E-state index contributed by atoms with van der Waals surface area (Å²) in [5.41, 5.74) is 7.77. The predicted octanol–water partition coefficient (Wildman–Crippen LogP) is 10.1. The van der Waals surface area contributed by atoms with Gasteiger partial charge in [-0.25, -0.2) is 0 Å². The molecule has 0 unspecified atom stereocenters. The highest BCUT2D eigenvalue weighted by atomic mass is 15.1. The van der Waals surface area contributed by atoms with Crippen molar-refractivity contribution in [2.75, 3.05) is 0 Å². The largest absolute Gasteiger partial charge is 0.307 e. The molecule has 8 rings (SSSR count). The van der Waals surface area contributed by atoms with Gasteiger partial charge < -0.3 is 9.13 Å². The second kappa shape index (κ2) is 9.33. The molecule has 4 nitrogen and oxygen atoms in total. The van der Waals surface area contributed by atoms with Gasteiger partial charge >= 0.3 is 0 Å². The van der Waals surface area contributed by atoms with Gasteiger partial charge in [0.25, 0.3) is 0 Å². The van der Waals surface area contributed by atoms with Crippen LogP contribution in [0.3, 0.4) is 0 Å². The molecule has 0 bridgehead atoms. The van der Waals surface area contributed by atoms with Crippen molar-refractivity contribution in [3.05, 3.63) is 132 Å². The lowest BCUT2D eigenvalue weighted by atomic mass is 9.86. The average molecular weight is 565 g/mol. The van der Waals surface area contributed by atoms with Crippen LogP contribution in [0.5, 0.6) is 0 Å². The Kier molecular flexibility index (Phi) is 5.48. The molecule has 2 heterocycles. The summed E-state index contributed by atoms with van der Waals surface area (Å²) in [6.45, 7) is 6.71. The first kappa shape index (κ1) is 25.8. The number of fused-ring (bicyclic) bond motifs is 8. The molecule has 0 saturated heterocycles. The maximum absolute atomic E-state index is 10.6. The summed E-state index contributed by atoms with van der Waals surface area (Å²) in [6, 6.07) is 44.6. The van der Waals surface area contributed by atoms with Crippen molar-refractivity contribution in [2.45, 2.75) is 26.2 Å².